The Morgan fingerprint density at radius 1 is 1.33 bits per heavy atom. The highest BCUT2D eigenvalue weighted by Gasteiger charge is 2.08. The lowest BCUT2D eigenvalue weighted by atomic mass is 9.90. The fourth-order valence-electron chi connectivity index (χ4n) is 0.917. The van der Waals surface area contributed by atoms with Crippen LogP contribution in [-0.2, 0) is 4.74 Å². The van der Waals surface area contributed by atoms with Crippen molar-refractivity contribution in [2.24, 2.45) is 5.41 Å². The molecule has 0 spiro atoms. The van der Waals surface area contributed by atoms with Crippen molar-refractivity contribution in [3.05, 3.63) is 0 Å². The van der Waals surface area contributed by atoms with Crippen LogP contribution in [0.25, 0.3) is 0 Å². The molecule has 0 saturated heterocycles. The van der Waals surface area contributed by atoms with E-state index in [9.17, 15) is 4.79 Å². The summed E-state index contributed by atoms with van der Waals surface area (Å²) in [7, 11) is 0. The van der Waals surface area contributed by atoms with Gasteiger partial charge in [0.05, 0.1) is 6.61 Å². The minimum atomic E-state index is -1.18. The van der Waals surface area contributed by atoms with Gasteiger partial charge in [-0.15, -0.1) is 0 Å². The fourth-order valence-corrected chi connectivity index (χ4v) is 0.917. The van der Waals surface area contributed by atoms with Crippen LogP contribution in [0.1, 0.15) is 40.0 Å². The molecule has 0 rings (SSSR count). The number of rotatable bonds is 4. The number of ether oxygens (including phenoxy) is 1. The first kappa shape index (κ1) is 11.3. The van der Waals surface area contributed by atoms with Crippen LogP contribution in [0, 0.1) is 5.41 Å². The quantitative estimate of drug-likeness (QED) is 0.526. The first-order valence-electron chi connectivity index (χ1n) is 4.27. The van der Waals surface area contributed by atoms with Crippen molar-refractivity contribution in [1.29, 1.82) is 0 Å². The van der Waals surface area contributed by atoms with E-state index < -0.39 is 6.16 Å². The highest BCUT2D eigenvalue weighted by molar-refractivity contribution is 5.56. The first-order chi connectivity index (χ1) is 5.42. The average molecular weight is 174 g/mol. The van der Waals surface area contributed by atoms with Crippen LogP contribution in [0.5, 0.6) is 0 Å². The minimum Gasteiger partial charge on any atom is -0.450 e. The molecule has 3 heteroatoms. The van der Waals surface area contributed by atoms with Crippen LogP contribution < -0.4 is 0 Å². The summed E-state index contributed by atoms with van der Waals surface area (Å²) < 4.78 is 4.37. The van der Waals surface area contributed by atoms with Crippen LogP contribution in [0.4, 0.5) is 4.79 Å². The van der Waals surface area contributed by atoms with Gasteiger partial charge in [0.25, 0.3) is 0 Å². The van der Waals surface area contributed by atoms with Gasteiger partial charge in [0.2, 0.25) is 0 Å². The van der Waals surface area contributed by atoms with Gasteiger partial charge in [-0.05, 0) is 24.7 Å². The standard InChI is InChI=1S/C9H18O3/c1-9(2,3)6-4-5-7-12-8(10)11/h4-7H2,1-3H3,(H,10,11). The summed E-state index contributed by atoms with van der Waals surface area (Å²) >= 11 is 0. The molecule has 0 radical (unpaired) electrons. The third-order valence-electron chi connectivity index (χ3n) is 1.55. The molecule has 1 N–H and O–H groups in total. The summed E-state index contributed by atoms with van der Waals surface area (Å²) in [5, 5.41) is 8.15. The molecular weight excluding hydrogens is 156 g/mol. The third-order valence-corrected chi connectivity index (χ3v) is 1.55. The van der Waals surface area contributed by atoms with Gasteiger partial charge in [-0.2, -0.15) is 0 Å². The van der Waals surface area contributed by atoms with E-state index in [1.54, 1.807) is 0 Å². The Labute approximate surface area is 73.7 Å². The predicted molar refractivity (Wildman–Crippen MR) is 47.3 cm³/mol. The molecule has 0 heterocycles. The van der Waals surface area contributed by atoms with E-state index in [4.69, 9.17) is 5.11 Å². The van der Waals surface area contributed by atoms with Gasteiger partial charge in [0, 0.05) is 0 Å². The van der Waals surface area contributed by atoms with E-state index in [-0.39, 0.29) is 0 Å². The molecule has 0 aromatic heterocycles. The van der Waals surface area contributed by atoms with Crippen molar-refractivity contribution in [3.63, 3.8) is 0 Å². The molecule has 0 fully saturated rings. The lowest BCUT2D eigenvalue weighted by molar-refractivity contribution is 0.0893. The molecule has 3 nitrogen and oxygen atoms in total. The van der Waals surface area contributed by atoms with Gasteiger partial charge in [-0.1, -0.05) is 20.8 Å². The molecule has 0 aromatic carbocycles. The maximum Gasteiger partial charge on any atom is 0.505 e. The van der Waals surface area contributed by atoms with E-state index in [0.717, 1.165) is 19.3 Å². The molecule has 72 valence electrons. The number of hydrogen-bond donors (Lipinski definition) is 1. The maximum atomic E-state index is 9.94. The Morgan fingerprint density at radius 2 is 1.92 bits per heavy atom. The number of hydrogen-bond acceptors (Lipinski definition) is 2. The summed E-state index contributed by atoms with van der Waals surface area (Å²) in [6.07, 6.45) is 1.78. The van der Waals surface area contributed by atoms with E-state index in [2.05, 4.69) is 25.5 Å². The van der Waals surface area contributed by atoms with E-state index >= 15 is 0 Å². The Kier molecular flexibility index (Phi) is 4.71. The van der Waals surface area contributed by atoms with Crippen molar-refractivity contribution in [2.45, 2.75) is 40.0 Å². The molecule has 0 bridgehead atoms. The number of carboxylic acid groups (broad SMARTS) is 1. The minimum absolute atomic E-state index is 0.325. The molecule has 0 atom stereocenters. The van der Waals surface area contributed by atoms with Crippen molar-refractivity contribution < 1.29 is 14.6 Å². The zero-order valence-electron chi connectivity index (χ0n) is 8.09. The van der Waals surface area contributed by atoms with Crippen molar-refractivity contribution in [2.75, 3.05) is 6.61 Å². The molecule has 0 aliphatic heterocycles. The summed E-state index contributed by atoms with van der Waals surface area (Å²) in [4.78, 5) is 9.94. The van der Waals surface area contributed by atoms with Crippen LogP contribution in [0.15, 0.2) is 0 Å². The predicted octanol–water partition coefficient (Wildman–Crippen LogP) is 2.90. The van der Waals surface area contributed by atoms with Crippen LogP contribution in [0.3, 0.4) is 0 Å². The second-order valence-electron chi connectivity index (χ2n) is 4.13. The van der Waals surface area contributed by atoms with E-state index in [1.165, 1.54) is 0 Å². The zero-order chi connectivity index (χ0) is 9.61. The van der Waals surface area contributed by atoms with Gasteiger partial charge < -0.3 is 9.84 Å². The Balaban J connectivity index is 3.17. The molecule has 0 aliphatic carbocycles. The van der Waals surface area contributed by atoms with Gasteiger partial charge >= 0.3 is 6.16 Å². The largest absolute Gasteiger partial charge is 0.505 e. The monoisotopic (exact) mass is 174 g/mol. The molecule has 0 unspecified atom stereocenters. The SMILES string of the molecule is CC(C)(C)CCCCOC(=O)O. The van der Waals surface area contributed by atoms with Gasteiger partial charge in [-0.25, -0.2) is 4.79 Å². The number of unbranched alkanes of at least 4 members (excludes halogenated alkanes) is 1. The normalized spacial score (nSPS) is 11.2. The Morgan fingerprint density at radius 3 is 2.33 bits per heavy atom. The summed E-state index contributed by atoms with van der Waals surface area (Å²) in [5.74, 6) is 0. The van der Waals surface area contributed by atoms with Crippen LogP contribution >= 0.6 is 0 Å². The second-order valence-corrected chi connectivity index (χ2v) is 4.13. The molecule has 0 amide bonds. The number of carbonyl (C=O) groups is 1. The topological polar surface area (TPSA) is 46.5 Å². The average Bonchev–Trinajstić information content (AvgIpc) is 1.83. The highest BCUT2D eigenvalue weighted by atomic mass is 16.7. The highest BCUT2D eigenvalue weighted by Crippen LogP contribution is 2.21. The molecular formula is C9H18O3. The summed E-state index contributed by atoms with van der Waals surface area (Å²) in [5.41, 5.74) is 0.337. The van der Waals surface area contributed by atoms with Gasteiger partial charge in [0.15, 0.2) is 0 Å². The fraction of sp³-hybridized carbons (Fsp3) is 0.889. The smallest absolute Gasteiger partial charge is 0.450 e. The maximum absolute atomic E-state index is 9.94. The van der Waals surface area contributed by atoms with Gasteiger partial charge in [0.1, 0.15) is 0 Å². The first-order valence-corrected chi connectivity index (χ1v) is 4.27. The van der Waals surface area contributed by atoms with Crippen molar-refractivity contribution in [1.82, 2.24) is 0 Å². The van der Waals surface area contributed by atoms with Gasteiger partial charge in [-0.3, -0.25) is 0 Å². The van der Waals surface area contributed by atoms with Crippen molar-refractivity contribution in [3.8, 4) is 0 Å². The Bertz CT molecular complexity index is 135. The summed E-state index contributed by atoms with van der Waals surface area (Å²) in [6, 6.07) is 0. The summed E-state index contributed by atoms with van der Waals surface area (Å²) in [6.45, 7) is 6.84. The lowest BCUT2D eigenvalue weighted by Crippen LogP contribution is -2.06. The zero-order valence-corrected chi connectivity index (χ0v) is 8.09. The van der Waals surface area contributed by atoms with Crippen LogP contribution in [-0.4, -0.2) is 17.9 Å². The molecule has 0 saturated carbocycles. The molecule has 12 heavy (non-hydrogen) atoms. The lowest BCUT2D eigenvalue weighted by Gasteiger charge is -2.17. The second kappa shape index (κ2) is 5.01. The molecule has 0 aromatic rings. The van der Waals surface area contributed by atoms with E-state index in [1.807, 2.05) is 0 Å². The van der Waals surface area contributed by atoms with Crippen molar-refractivity contribution >= 4 is 6.16 Å². The molecule has 0 aliphatic rings. The third kappa shape index (κ3) is 9.27. The van der Waals surface area contributed by atoms with E-state index in [0.29, 0.717) is 12.0 Å². The van der Waals surface area contributed by atoms with Crippen LogP contribution in [0.2, 0.25) is 0 Å². The Hall–Kier alpha value is -0.730.